The fourth-order valence-corrected chi connectivity index (χ4v) is 3.03. The van der Waals surface area contributed by atoms with Crippen molar-refractivity contribution in [1.82, 2.24) is 4.98 Å². The second kappa shape index (κ2) is 7.48. The van der Waals surface area contributed by atoms with E-state index in [0.717, 1.165) is 16.3 Å². The first kappa shape index (κ1) is 15.9. The van der Waals surface area contributed by atoms with Crippen molar-refractivity contribution in [3.63, 3.8) is 0 Å². The number of carbonyl (C=O) groups excluding carboxylic acids is 1. The summed E-state index contributed by atoms with van der Waals surface area (Å²) < 4.78 is 5.56. The highest BCUT2D eigenvalue weighted by Gasteiger charge is 2.23. The van der Waals surface area contributed by atoms with Crippen LogP contribution >= 0.6 is 11.3 Å². The van der Waals surface area contributed by atoms with Crippen LogP contribution in [-0.4, -0.2) is 23.5 Å². The first-order chi connectivity index (χ1) is 10.1. The second-order valence-electron chi connectivity index (χ2n) is 5.26. The van der Waals surface area contributed by atoms with E-state index >= 15 is 0 Å². The predicted octanol–water partition coefficient (Wildman–Crippen LogP) is 3.98. The van der Waals surface area contributed by atoms with Gasteiger partial charge in [-0.05, 0) is 12.8 Å². The molecular weight excluding hydrogens is 282 g/mol. The Morgan fingerprint density at radius 2 is 2.00 bits per heavy atom. The summed E-state index contributed by atoms with van der Waals surface area (Å²) in [5.41, 5.74) is 2.01. The van der Waals surface area contributed by atoms with Crippen LogP contribution < -0.4 is 0 Å². The van der Waals surface area contributed by atoms with Gasteiger partial charge in [-0.25, -0.2) is 4.98 Å². The molecular formula is C17H21NO2S. The number of rotatable bonds is 7. The van der Waals surface area contributed by atoms with Crippen molar-refractivity contribution in [3.8, 4) is 11.3 Å². The van der Waals surface area contributed by atoms with Crippen LogP contribution in [0.25, 0.3) is 11.3 Å². The Hall–Kier alpha value is -1.52. The fourth-order valence-electron chi connectivity index (χ4n) is 2.22. The first-order valence-electron chi connectivity index (χ1n) is 7.26. The van der Waals surface area contributed by atoms with Crippen LogP contribution in [-0.2, 0) is 16.0 Å². The zero-order valence-corrected chi connectivity index (χ0v) is 13.5. The standard InChI is InChI=1S/C17H21NO2S/c1-4-20-17(12(2)3)15(19)10-16-18-14(11-21-16)13-8-6-5-7-9-13/h5-9,11-12,17H,4,10H2,1-3H3. The molecule has 2 aromatic rings. The molecule has 3 nitrogen and oxygen atoms in total. The molecule has 1 atom stereocenters. The van der Waals surface area contributed by atoms with Crippen molar-refractivity contribution in [3.05, 3.63) is 40.7 Å². The maximum atomic E-state index is 12.3. The van der Waals surface area contributed by atoms with E-state index in [1.165, 1.54) is 11.3 Å². The first-order valence-corrected chi connectivity index (χ1v) is 8.14. The van der Waals surface area contributed by atoms with Gasteiger partial charge in [-0.15, -0.1) is 11.3 Å². The number of thiazole rings is 1. The monoisotopic (exact) mass is 303 g/mol. The summed E-state index contributed by atoms with van der Waals surface area (Å²) in [7, 11) is 0. The number of aromatic nitrogens is 1. The van der Waals surface area contributed by atoms with Crippen molar-refractivity contribution >= 4 is 17.1 Å². The van der Waals surface area contributed by atoms with Crippen LogP contribution in [0.5, 0.6) is 0 Å². The number of hydrogen-bond donors (Lipinski definition) is 0. The van der Waals surface area contributed by atoms with Crippen LogP contribution in [0.4, 0.5) is 0 Å². The third kappa shape index (κ3) is 4.22. The number of ether oxygens (including phenoxy) is 1. The van der Waals surface area contributed by atoms with Gasteiger partial charge < -0.3 is 4.74 Å². The van der Waals surface area contributed by atoms with Crippen LogP contribution in [0, 0.1) is 5.92 Å². The summed E-state index contributed by atoms with van der Waals surface area (Å²) in [6.45, 7) is 6.49. The number of nitrogens with zero attached hydrogens (tertiary/aromatic N) is 1. The molecule has 0 aliphatic rings. The maximum absolute atomic E-state index is 12.3. The average Bonchev–Trinajstić information content (AvgIpc) is 2.93. The molecule has 0 saturated carbocycles. The zero-order chi connectivity index (χ0) is 15.2. The van der Waals surface area contributed by atoms with Gasteiger partial charge in [0, 0.05) is 17.6 Å². The van der Waals surface area contributed by atoms with Gasteiger partial charge in [0.25, 0.3) is 0 Å². The molecule has 4 heteroatoms. The second-order valence-corrected chi connectivity index (χ2v) is 6.20. The Kier molecular flexibility index (Phi) is 5.65. The molecule has 0 spiro atoms. The molecule has 0 radical (unpaired) electrons. The molecule has 0 fully saturated rings. The Morgan fingerprint density at radius 1 is 1.29 bits per heavy atom. The number of carbonyl (C=O) groups is 1. The Bertz CT molecular complexity index is 577. The number of Topliss-reactive ketones (excluding diaryl/α,β-unsaturated/α-hetero) is 1. The van der Waals surface area contributed by atoms with E-state index < -0.39 is 0 Å². The fraction of sp³-hybridized carbons (Fsp3) is 0.412. The van der Waals surface area contributed by atoms with Crippen molar-refractivity contribution in [1.29, 1.82) is 0 Å². The number of ketones is 1. The third-order valence-corrected chi connectivity index (χ3v) is 4.06. The summed E-state index contributed by atoms with van der Waals surface area (Å²) in [4.78, 5) is 16.9. The highest BCUT2D eigenvalue weighted by molar-refractivity contribution is 7.10. The van der Waals surface area contributed by atoms with Gasteiger partial charge in [0.05, 0.1) is 12.1 Å². The molecule has 1 aromatic heterocycles. The maximum Gasteiger partial charge on any atom is 0.168 e. The van der Waals surface area contributed by atoms with Crippen LogP contribution in [0.15, 0.2) is 35.7 Å². The van der Waals surface area contributed by atoms with Gasteiger partial charge in [-0.2, -0.15) is 0 Å². The van der Waals surface area contributed by atoms with Gasteiger partial charge >= 0.3 is 0 Å². The topological polar surface area (TPSA) is 39.2 Å². The molecule has 0 aliphatic carbocycles. The van der Waals surface area contributed by atoms with E-state index in [-0.39, 0.29) is 17.8 Å². The quantitative estimate of drug-likeness (QED) is 0.776. The van der Waals surface area contributed by atoms with Gasteiger partial charge in [0.15, 0.2) is 5.78 Å². The molecule has 0 amide bonds. The molecule has 2 rings (SSSR count). The highest BCUT2D eigenvalue weighted by atomic mass is 32.1. The minimum atomic E-state index is -0.334. The molecule has 21 heavy (non-hydrogen) atoms. The van der Waals surface area contributed by atoms with E-state index in [4.69, 9.17) is 4.74 Å². The van der Waals surface area contributed by atoms with Crippen molar-refractivity contribution in [2.24, 2.45) is 5.92 Å². The Labute approximate surface area is 130 Å². The SMILES string of the molecule is CCOC(C(=O)Cc1nc(-c2ccccc2)cs1)C(C)C. The largest absolute Gasteiger partial charge is 0.370 e. The third-order valence-electron chi connectivity index (χ3n) is 3.22. The summed E-state index contributed by atoms with van der Waals surface area (Å²) in [5.74, 6) is 0.298. The normalized spacial score (nSPS) is 12.6. The van der Waals surface area contributed by atoms with Gasteiger partial charge in [0.1, 0.15) is 11.1 Å². The lowest BCUT2D eigenvalue weighted by atomic mass is 10.0. The molecule has 112 valence electrons. The highest BCUT2D eigenvalue weighted by Crippen LogP contribution is 2.22. The van der Waals surface area contributed by atoms with E-state index in [9.17, 15) is 4.79 Å². The molecule has 0 aliphatic heterocycles. The van der Waals surface area contributed by atoms with Crippen LogP contribution in [0.2, 0.25) is 0 Å². The van der Waals surface area contributed by atoms with E-state index in [1.807, 2.05) is 56.5 Å². The number of benzene rings is 1. The lowest BCUT2D eigenvalue weighted by Crippen LogP contribution is -2.31. The molecule has 0 bridgehead atoms. The van der Waals surface area contributed by atoms with Crippen molar-refractivity contribution in [2.75, 3.05) is 6.61 Å². The van der Waals surface area contributed by atoms with Crippen LogP contribution in [0.1, 0.15) is 25.8 Å². The summed E-state index contributed by atoms with van der Waals surface area (Å²) >= 11 is 1.53. The lowest BCUT2D eigenvalue weighted by molar-refractivity contribution is -0.132. The minimum absolute atomic E-state index is 0.112. The summed E-state index contributed by atoms with van der Waals surface area (Å²) in [5, 5.41) is 2.85. The van der Waals surface area contributed by atoms with E-state index in [2.05, 4.69) is 4.98 Å². The lowest BCUT2D eigenvalue weighted by Gasteiger charge is -2.18. The van der Waals surface area contributed by atoms with Crippen molar-refractivity contribution in [2.45, 2.75) is 33.3 Å². The van der Waals surface area contributed by atoms with Gasteiger partial charge in [-0.1, -0.05) is 44.2 Å². The molecule has 1 heterocycles. The zero-order valence-electron chi connectivity index (χ0n) is 12.7. The van der Waals surface area contributed by atoms with Gasteiger partial charge in [0.2, 0.25) is 0 Å². The summed E-state index contributed by atoms with van der Waals surface area (Å²) in [6, 6.07) is 10.0. The van der Waals surface area contributed by atoms with Gasteiger partial charge in [-0.3, -0.25) is 4.79 Å². The molecule has 1 aromatic carbocycles. The molecule has 0 saturated heterocycles. The van der Waals surface area contributed by atoms with E-state index in [1.54, 1.807) is 0 Å². The number of hydrogen-bond acceptors (Lipinski definition) is 4. The minimum Gasteiger partial charge on any atom is -0.370 e. The predicted molar refractivity (Wildman–Crippen MR) is 86.5 cm³/mol. The van der Waals surface area contributed by atoms with E-state index in [0.29, 0.717) is 13.0 Å². The Morgan fingerprint density at radius 3 is 2.62 bits per heavy atom. The molecule has 1 unspecified atom stereocenters. The molecule has 0 N–H and O–H groups in total. The van der Waals surface area contributed by atoms with Crippen LogP contribution in [0.3, 0.4) is 0 Å². The summed E-state index contributed by atoms with van der Waals surface area (Å²) in [6.07, 6.45) is 0.0134. The average molecular weight is 303 g/mol. The van der Waals surface area contributed by atoms with Crippen molar-refractivity contribution < 1.29 is 9.53 Å². The Balaban J connectivity index is 2.07. The smallest absolute Gasteiger partial charge is 0.168 e.